The second-order valence-corrected chi connectivity index (χ2v) is 7.06. The Morgan fingerprint density at radius 1 is 1.44 bits per heavy atom. The molecule has 0 aromatic rings. The van der Waals surface area contributed by atoms with Crippen molar-refractivity contribution in [2.24, 2.45) is 0 Å². The lowest BCUT2D eigenvalue weighted by Gasteiger charge is -2.36. The van der Waals surface area contributed by atoms with E-state index in [1.165, 1.54) is 8.61 Å². The van der Waals surface area contributed by atoms with E-state index in [9.17, 15) is 13.2 Å². The fourth-order valence-electron chi connectivity index (χ4n) is 2.00. The highest BCUT2D eigenvalue weighted by molar-refractivity contribution is 7.99. The summed E-state index contributed by atoms with van der Waals surface area (Å²) in [5, 5.41) is 8.86. The van der Waals surface area contributed by atoms with Crippen molar-refractivity contribution >= 4 is 27.9 Å². The van der Waals surface area contributed by atoms with Crippen molar-refractivity contribution in [3.8, 4) is 0 Å². The molecule has 1 N–H and O–H groups in total. The first-order valence-corrected chi connectivity index (χ1v) is 8.55. The van der Waals surface area contributed by atoms with Crippen molar-refractivity contribution in [2.75, 3.05) is 31.1 Å². The molecule has 1 unspecified atom stereocenters. The Kier molecular flexibility index (Phi) is 5.90. The number of carbonyl (C=O) groups is 1. The molecule has 1 aliphatic rings. The standard InChI is InChI=1S/C10H20N2O4S2/c1-3-11(4-2)18(15,16)12-5-6-17-8-9(12)7-10(13)14/h9H,3-8H2,1-2H3,(H,13,14). The molecule has 106 valence electrons. The summed E-state index contributed by atoms with van der Waals surface area (Å²) in [5.74, 6) is 0.311. The average molecular weight is 296 g/mol. The monoisotopic (exact) mass is 296 g/mol. The normalized spacial score (nSPS) is 22.3. The Balaban J connectivity index is 2.91. The molecule has 1 fully saturated rings. The number of nitrogens with zero attached hydrogens (tertiary/aromatic N) is 2. The van der Waals surface area contributed by atoms with Crippen molar-refractivity contribution in [3.63, 3.8) is 0 Å². The van der Waals surface area contributed by atoms with Crippen LogP contribution in [0.3, 0.4) is 0 Å². The number of carboxylic acids is 1. The molecule has 18 heavy (non-hydrogen) atoms. The third-order valence-corrected chi connectivity index (χ3v) is 6.25. The minimum absolute atomic E-state index is 0.131. The minimum atomic E-state index is -3.53. The van der Waals surface area contributed by atoms with E-state index in [1.54, 1.807) is 25.6 Å². The van der Waals surface area contributed by atoms with E-state index in [-0.39, 0.29) is 6.42 Å². The molecule has 1 heterocycles. The summed E-state index contributed by atoms with van der Waals surface area (Å²) in [7, 11) is -3.53. The topological polar surface area (TPSA) is 77.9 Å². The summed E-state index contributed by atoms with van der Waals surface area (Å²) in [6, 6.07) is -0.438. The molecule has 0 radical (unpaired) electrons. The molecule has 0 spiro atoms. The van der Waals surface area contributed by atoms with Gasteiger partial charge in [-0.1, -0.05) is 13.8 Å². The Morgan fingerprint density at radius 2 is 2.06 bits per heavy atom. The molecular formula is C10H20N2O4S2. The van der Waals surface area contributed by atoms with Crippen LogP contribution in [0.15, 0.2) is 0 Å². The lowest BCUT2D eigenvalue weighted by molar-refractivity contribution is -0.137. The zero-order valence-electron chi connectivity index (χ0n) is 10.7. The first-order chi connectivity index (χ1) is 8.43. The Hall–Kier alpha value is -0.310. The van der Waals surface area contributed by atoms with Gasteiger partial charge in [-0.05, 0) is 0 Å². The molecule has 0 bridgehead atoms. The lowest BCUT2D eigenvalue weighted by Crippen LogP contribution is -2.52. The number of hydrogen-bond donors (Lipinski definition) is 1. The number of hydrogen-bond acceptors (Lipinski definition) is 4. The predicted molar refractivity (Wildman–Crippen MR) is 71.9 cm³/mol. The third-order valence-electron chi connectivity index (χ3n) is 2.91. The maximum Gasteiger partial charge on any atom is 0.305 e. The minimum Gasteiger partial charge on any atom is -0.481 e. The number of rotatable bonds is 6. The largest absolute Gasteiger partial charge is 0.481 e. The van der Waals surface area contributed by atoms with Gasteiger partial charge in [-0.3, -0.25) is 4.79 Å². The SMILES string of the molecule is CCN(CC)S(=O)(=O)N1CCSCC1CC(=O)O. The fourth-order valence-corrected chi connectivity index (χ4v) is 5.07. The van der Waals surface area contributed by atoms with Gasteiger partial charge in [-0.2, -0.15) is 28.8 Å². The molecule has 1 rings (SSSR count). The molecule has 0 aromatic carbocycles. The van der Waals surface area contributed by atoms with Crippen molar-refractivity contribution in [1.82, 2.24) is 8.61 Å². The zero-order valence-corrected chi connectivity index (χ0v) is 12.3. The number of thioether (sulfide) groups is 1. The summed E-state index contributed by atoms with van der Waals surface area (Å²) in [6.45, 7) is 4.77. The maximum atomic E-state index is 12.4. The predicted octanol–water partition coefficient (Wildman–Crippen LogP) is 0.465. The Labute approximate surface area is 113 Å². The highest BCUT2D eigenvalue weighted by Crippen LogP contribution is 2.23. The van der Waals surface area contributed by atoms with Gasteiger partial charge in [0.2, 0.25) is 0 Å². The Bertz CT molecular complexity index is 381. The van der Waals surface area contributed by atoms with E-state index in [4.69, 9.17) is 5.11 Å². The molecule has 0 amide bonds. The molecule has 1 aliphatic heterocycles. The highest BCUT2D eigenvalue weighted by atomic mass is 32.2. The average Bonchev–Trinajstić information content (AvgIpc) is 2.30. The lowest BCUT2D eigenvalue weighted by atomic mass is 10.2. The summed E-state index contributed by atoms with van der Waals surface area (Å²) in [4.78, 5) is 10.8. The molecule has 0 aromatic heterocycles. The Morgan fingerprint density at radius 3 is 2.56 bits per heavy atom. The van der Waals surface area contributed by atoms with Gasteiger partial charge in [0.25, 0.3) is 10.2 Å². The molecule has 8 heteroatoms. The van der Waals surface area contributed by atoms with Crippen LogP contribution in [0.25, 0.3) is 0 Å². The first-order valence-electron chi connectivity index (χ1n) is 5.99. The molecule has 1 saturated heterocycles. The second kappa shape index (κ2) is 6.74. The smallest absolute Gasteiger partial charge is 0.305 e. The second-order valence-electron chi connectivity index (χ2n) is 4.03. The van der Waals surface area contributed by atoms with Crippen LogP contribution in [0.5, 0.6) is 0 Å². The molecule has 1 atom stereocenters. The van der Waals surface area contributed by atoms with Crippen LogP contribution in [-0.4, -0.2) is 65.3 Å². The van der Waals surface area contributed by atoms with Gasteiger partial charge in [-0.25, -0.2) is 0 Å². The van der Waals surface area contributed by atoms with Crippen molar-refractivity contribution in [3.05, 3.63) is 0 Å². The fraction of sp³-hybridized carbons (Fsp3) is 0.900. The van der Waals surface area contributed by atoms with Gasteiger partial charge in [0.1, 0.15) is 0 Å². The van der Waals surface area contributed by atoms with Crippen molar-refractivity contribution in [1.29, 1.82) is 0 Å². The van der Waals surface area contributed by atoms with Crippen molar-refractivity contribution in [2.45, 2.75) is 26.3 Å². The molecule has 0 saturated carbocycles. The van der Waals surface area contributed by atoms with E-state index in [1.807, 2.05) is 0 Å². The zero-order chi connectivity index (χ0) is 13.8. The summed E-state index contributed by atoms with van der Waals surface area (Å²) < 4.78 is 27.5. The maximum absolute atomic E-state index is 12.4. The number of carboxylic acid groups (broad SMARTS) is 1. The van der Waals surface area contributed by atoms with Crippen LogP contribution in [0.1, 0.15) is 20.3 Å². The summed E-state index contributed by atoms with van der Waals surface area (Å²) >= 11 is 1.60. The van der Waals surface area contributed by atoms with Gasteiger partial charge in [0.05, 0.1) is 6.42 Å². The molecular weight excluding hydrogens is 276 g/mol. The highest BCUT2D eigenvalue weighted by Gasteiger charge is 2.36. The van der Waals surface area contributed by atoms with Crippen LogP contribution in [0, 0.1) is 0 Å². The summed E-state index contributed by atoms with van der Waals surface area (Å²) in [6.07, 6.45) is -0.131. The first kappa shape index (κ1) is 15.7. The summed E-state index contributed by atoms with van der Waals surface area (Å²) in [5.41, 5.74) is 0. The van der Waals surface area contributed by atoms with E-state index >= 15 is 0 Å². The van der Waals surface area contributed by atoms with Gasteiger partial charge in [0.15, 0.2) is 0 Å². The van der Waals surface area contributed by atoms with E-state index in [0.717, 1.165) is 5.75 Å². The third kappa shape index (κ3) is 3.59. The van der Waals surface area contributed by atoms with E-state index in [0.29, 0.717) is 25.4 Å². The van der Waals surface area contributed by atoms with E-state index < -0.39 is 22.2 Å². The van der Waals surface area contributed by atoms with Gasteiger partial charge < -0.3 is 5.11 Å². The number of aliphatic carboxylic acids is 1. The molecule has 0 aliphatic carbocycles. The molecule has 6 nitrogen and oxygen atoms in total. The van der Waals surface area contributed by atoms with Crippen LogP contribution >= 0.6 is 11.8 Å². The quantitative estimate of drug-likeness (QED) is 0.770. The van der Waals surface area contributed by atoms with Crippen LogP contribution in [0.2, 0.25) is 0 Å². The van der Waals surface area contributed by atoms with Crippen LogP contribution in [-0.2, 0) is 15.0 Å². The van der Waals surface area contributed by atoms with Crippen LogP contribution in [0.4, 0.5) is 0 Å². The van der Waals surface area contributed by atoms with Gasteiger partial charge in [-0.15, -0.1) is 0 Å². The van der Waals surface area contributed by atoms with Crippen molar-refractivity contribution < 1.29 is 18.3 Å². The van der Waals surface area contributed by atoms with E-state index in [2.05, 4.69) is 0 Å². The van der Waals surface area contributed by atoms with Gasteiger partial charge >= 0.3 is 5.97 Å². The van der Waals surface area contributed by atoms with Gasteiger partial charge in [0, 0.05) is 37.2 Å². The van der Waals surface area contributed by atoms with Crippen LogP contribution < -0.4 is 0 Å².